The highest BCUT2D eigenvalue weighted by atomic mass is 16.1. The average Bonchev–Trinajstić information content (AvgIpc) is 2.61. The van der Waals surface area contributed by atoms with Crippen LogP contribution in [0.4, 0.5) is 0 Å². The molecule has 0 saturated carbocycles. The molecule has 0 aliphatic carbocycles. The van der Waals surface area contributed by atoms with Crippen molar-refractivity contribution in [3.05, 3.63) is 35.9 Å². The van der Waals surface area contributed by atoms with E-state index in [0.29, 0.717) is 0 Å². The Bertz CT molecular complexity index is 312. The quantitative estimate of drug-likeness (QED) is 0.557. The van der Waals surface area contributed by atoms with Crippen LogP contribution < -0.4 is 5.84 Å². The van der Waals surface area contributed by atoms with Crippen molar-refractivity contribution < 1.29 is 4.79 Å². The minimum Gasteiger partial charge on any atom is -0.302 e. The van der Waals surface area contributed by atoms with Crippen LogP contribution in [0.25, 0.3) is 0 Å². The van der Waals surface area contributed by atoms with Crippen LogP contribution in [0.15, 0.2) is 30.3 Å². The van der Waals surface area contributed by atoms with E-state index in [1.54, 1.807) is 5.01 Å². The molecule has 2 N–H and O–H groups in total. The number of nitrogens with two attached hydrogens (primary N) is 1. The molecule has 3 heteroatoms. The predicted octanol–water partition coefficient (Wildman–Crippen LogP) is 0.917. The second-order valence-electron chi connectivity index (χ2n) is 3.67. The normalized spacial score (nSPS) is 27.8. The van der Waals surface area contributed by atoms with Crippen LogP contribution in [-0.4, -0.2) is 23.9 Å². The minimum absolute atomic E-state index is 0.155. The third kappa shape index (κ3) is 1.56. The molecule has 1 aromatic rings. The summed E-state index contributed by atoms with van der Waals surface area (Å²) >= 11 is 0. The van der Waals surface area contributed by atoms with E-state index in [-0.39, 0.29) is 12.0 Å². The van der Waals surface area contributed by atoms with Gasteiger partial charge in [-0.2, -0.15) is 0 Å². The first-order valence-electron chi connectivity index (χ1n) is 4.84. The standard InChI is InChI=1S/C11H14N2O/c12-13-7-6-10(11(13)8-14)9-4-2-1-3-5-9/h1-5,8,10-11H,6-7,12H2. The van der Waals surface area contributed by atoms with E-state index in [0.717, 1.165) is 19.3 Å². The number of hydrogen-bond donors (Lipinski definition) is 1. The number of carbonyl (C=O) groups excluding carboxylic acids is 1. The highest BCUT2D eigenvalue weighted by Gasteiger charge is 2.32. The molecule has 1 aliphatic heterocycles. The topological polar surface area (TPSA) is 46.3 Å². The maximum Gasteiger partial charge on any atom is 0.139 e. The lowest BCUT2D eigenvalue weighted by Crippen LogP contribution is -2.38. The Kier molecular flexibility index (Phi) is 2.61. The summed E-state index contributed by atoms with van der Waals surface area (Å²) in [6.07, 6.45) is 1.91. The van der Waals surface area contributed by atoms with Crippen molar-refractivity contribution in [1.29, 1.82) is 0 Å². The van der Waals surface area contributed by atoms with Gasteiger partial charge in [-0.05, 0) is 12.0 Å². The summed E-state index contributed by atoms with van der Waals surface area (Å²) in [6, 6.07) is 9.93. The summed E-state index contributed by atoms with van der Waals surface area (Å²) in [5, 5.41) is 1.63. The van der Waals surface area contributed by atoms with Crippen LogP contribution in [0.1, 0.15) is 17.9 Å². The van der Waals surface area contributed by atoms with E-state index >= 15 is 0 Å². The van der Waals surface area contributed by atoms with Crippen molar-refractivity contribution in [2.45, 2.75) is 18.4 Å². The number of carbonyl (C=O) groups is 1. The number of aldehydes is 1. The minimum atomic E-state index is -0.155. The number of hydrogen-bond acceptors (Lipinski definition) is 3. The first-order chi connectivity index (χ1) is 6.83. The zero-order valence-corrected chi connectivity index (χ0v) is 7.97. The third-order valence-electron chi connectivity index (χ3n) is 2.86. The number of hydrazine groups is 1. The second-order valence-corrected chi connectivity index (χ2v) is 3.67. The maximum absolute atomic E-state index is 10.9. The van der Waals surface area contributed by atoms with Gasteiger partial charge in [-0.3, -0.25) is 5.84 Å². The van der Waals surface area contributed by atoms with Crippen molar-refractivity contribution in [1.82, 2.24) is 5.01 Å². The number of benzene rings is 1. The fourth-order valence-electron chi connectivity index (χ4n) is 2.08. The molecule has 2 unspecified atom stereocenters. The van der Waals surface area contributed by atoms with Crippen LogP contribution in [0.3, 0.4) is 0 Å². The molecule has 0 radical (unpaired) electrons. The van der Waals surface area contributed by atoms with Crippen molar-refractivity contribution in [2.24, 2.45) is 5.84 Å². The SMILES string of the molecule is NN1CCC(c2ccccc2)C1C=O. The summed E-state index contributed by atoms with van der Waals surface area (Å²) in [7, 11) is 0. The summed E-state index contributed by atoms with van der Waals surface area (Å²) < 4.78 is 0. The van der Waals surface area contributed by atoms with Crippen molar-refractivity contribution in [2.75, 3.05) is 6.54 Å². The van der Waals surface area contributed by atoms with Crippen molar-refractivity contribution in [3.63, 3.8) is 0 Å². The predicted molar refractivity (Wildman–Crippen MR) is 54.5 cm³/mol. The molecule has 1 fully saturated rings. The molecule has 0 spiro atoms. The Hall–Kier alpha value is -1.19. The fourth-order valence-corrected chi connectivity index (χ4v) is 2.08. The maximum atomic E-state index is 10.9. The van der Waals surface area contributed by atoms with Gasteiger partial charge in [-0.25, -0.2) is 5.01 Å². The summed E-state index contributed by atoms with van der Waals surface area (Å²) in [6.45, 7) is 0.795. The van der Waals surface area contributed by atoms with Gasteiger partial charge in [0.2, 0.25) is 0 Å². The van der Waals surface area contributed by atoms with Gasteiger partial charge in [0, 0.05) is 12.5 Å². The fraction of sp³-hybridized carbons (Fsp3) is 0.364. The second kappa shape index (κ2) is 3.90. The van der Waals surface area contributed by atoms with Crippen LogP contribution >= 0.6 is 0 Å². The molecule has 3 nitrogen and oxygen atoms in total. The van der Waals surface area contributed by atoms with Crippen LogP contribution in [-0.2, 0) is 4.79 Å². The van der Waals surface area contributed by atoms with E-state index in [9.17, 15) is 4.79 Å². The van der Waals surface area contributed by atoms with Crippen molar-refractivity contribution >= 4 is 6.29 Å². The highest BCUT2D eigenvalue weighted by molar-refractivity contribution is 5.60. The molecule has 0 aromatic heterocycles. The molecule has 0 bridgehead atoms. The summed E-state index contributed by atoms with van der Waals surface area (Å²) in [5.74, 6) is 5.98. The summed E-state index contributed by atoms with van der Waals surface area (Å²) in [5.41, 5.74) is 1.21. The Balaban J connectivity index is 2.23. The zero-order chi connectivity index (χ0) is 9.97. The van der Waals surface area contributed by atoms with Gasteiger partial charge in [-0.1, -0.05) is 30.3 Å². The van der Waals surface area contributed by atoms with E-state index in [2.05, 4.69) is 12.1 Å². The van der Waals surface area contributed by atoms with Crippen LogP contribution in [0.5, 0.6) is 0 Å². The first kappa shape index (κ1) is 9.37. The molecule has 14 heavy (non-hydrogen) atoms. The van der Waals surface area contributed by atoms with Crippen molar-refractivity contribution in [3.8, 4) is 0 Å². The van der Waals surface area contributed by atoms with Gasteiger partial charge >= 0.3 is 0 Å². The molecule has 74 valence electrons. The third-order valence-corrected chi connectivity index (χ3v) is 2.86. The zero-order valence-electron chi connectivity index (χ0n) is 7.97. The lowest BCUT2D eigenvalue weighted by Gasteiger charge is -2.18. The van der Waals surface area contributed by atoms with E-state index in [1.807, 2.05) is 18.2 Å². The van der Waals surface area contributed by atoms with Gasteiger partial charge < -0.3 is 4.79 Å². The lowest BCUT2D eigenvalue weighted by atomic mass is 9.93. The number of nitrogens with zero attached hydrogens (tertiary/aromatic N) is 1. The van der Waals surface area contributed by atoms with Gasteiger partial charge in [0.25, 0.3) is 0 Å². The van der Waals surface area contributed by atoms with Gasteiger partial charge in [-0.15, -0.1) is 0 Å². The Morgan fingerprint density at radius 3 is 2.71 bits per heavy atom. The summed E-state index contributed by atoms with van der Waals surface area (Å²) in [4.78, 5) is 10.9. The van der Waals surface area contributed by atoms with E-state index in [4.69, 9.17) is 5.84 Å². The van der Waals surface area contributed by atoms with Gasteiger partial charge in [0.1, 0.15) is 6.29 Å². The molecule has 2 atom stereocenters. The van der Waals surface area contributed by atoms with Gasteiger partial charge in [0.15, 0.2) is 0 Å². The van der Waals surface area contributed by atoms with E-state index < -0.39 is 0 Å². The van der Waals surface area contributed by atoms with Gasteiger partial charge in [0.05, 0.1) is 6.04 Å². The van der Waals surface area contributed by atoms with Crippen LogP contribution in [0.2, 0.25) is 0 Å². The molecule has 0 amide bonds. The smallest absolute Gasteiger partial charge is 0.139 e. The Morgan fingerprint density at radius 1 is 1.36 bits per heavy atom. The first-order valence-corrected chi connectivity index (χ1v) is 4.84. The number of rotatable bonds is 2. The molecule has 1 saturated heterocycles. The largest absolute Gasteiger partial charge is 0.302 e. The lowest BCUT2D eigenvalue weighted by molar-refractivity contribution is -0.111. The Morgan fingerprint density at radius 2 is 2.07 bits per heavy atom. The molecule has 1 heterocycles. The molecular weight excluding hydrogens is 176 g/mol. The molecule has 1 aliphatic rings. The molecular formula is C11H14N2O. The molecule has 1 aromatic carbocycles. The van der Waals surface area contributed by atoms with Crippen LogP contribution in [0, 0.1) is 0 Å². The highest BCUT2D eigenvalue weighted by Crippen LogP contribution is 2.30. The average molecular weight is 190 g/mol. The Labute approximate surface area is 83.5 Å². The monoisotopic (exact) mass is 190 g/mol. The van der Waals surface area contributed by atoms with E-state index in [1.165, 1.54) is 5.56 Å². The molecule has 2 rings (SSSR count).